The molecule has 3 rings (SSSR count). The van der Waals surface area contributed by atoms with Gasteiger partial charge in [0.1, 0.15) is 0 Å². The van der Waals surface area contributed by atoms with Crippen LogP contribution in [0.5, 0.6) is 0 Å². The Morgan fingerprint density at radius 2 is 1.67 bits per heavy atom. The van der Waals surface area contributed by atoms with E-state index in [1.807, 2.05) is 0 Å². The molecule has 0 heterocycles. The van der Waals surface area contributed by atoms with Gasteiger partial charge in [0.05, 0.1) is 11.2 Å². The van der Waals surface area contributed by atoms with Crippen molar-refractivity contribution in [3.8, 4) is 0 Å². The summed E-state index contributed by atoms with van der Waals surface area (Å²) in [6.45, 7) is 10.2. The van der Waals surface area contributed by atoms with Crippen LogP contribution in [0.25, 0.3) is 0 Å². The Kier molecular flexibility index (Phi) is 6.20. The Morgan fingerprint density at radius 1 is 1.07 bits per heavy atom. The molecule has 0 atom stereocenters. The Labute approximate surface area is 179 Å². The van der Waals surface area contributed by atoms with Gasteiger partial charge in [0.25, 0.3) is 0 Å². The minimum absolute atomic E-state index is 0.0148. The molecule has 0 aromatic heterocycles. The Hall–Kier alpha value is -2.44. The highest BCUT2D eigenvalue weighted by atomic mass is 32.2. The molecule has 0 saturated heterocycles. The number of carbonyl (C=O) groups excluding carboxylic acids is 1. The molecule has 1 aliphatic rings. The molecule has 1 fully saturated rings. The van der Waals surface area contributed by atoms with E-state index in [1.54, 1.807) is 24.3 Å². The van der Waals surface area contributed by atoms with Gasteiger partial charge in [-0.2, -0.15) is 0 Å². The number of hydrogen-bond acceptors (Lipinski definition) is 3. The van der Waals surface area contributed by atoms with Gasteiger partial charge in [0.15, 0.2) is 0 Å². The topological polar surface area (TPSA) is 75.3 Å². The van der Waals surface area contributed by atoms with Gasteiger partial charge in [-0.3, -0.25) is 4.79 Å². The summed E-state index contributed by atoms with van der Waals surface area (Å²) in [5.74, 6) is -0.127. The number of carbonyl (C=O) groups is 1. The fraction of sp³-hybridized carbons (Fsp3) is 0.375. The molecular formula is C24H30N2O3S. The van der Waals surface area contributed by atoms with Crippen LogP contribution < -0.4 is 10.0 Å². The fourth-order valence-electron chi connectivity index (χ4n) is 3.45. The molecule has 0 spiro atoms. The molecule has 1 amide bonds. The molecule has 2 aromatic rings. The maximum Gasteiger partial charge on any atom is 0.235 e. The van der Waals surface area contributed by atoms with Crippen molar-refractivity contribution in [2.45, 2.75) is 50.2 Å². The van der Waals surface area contributed by atoms with E-state index < -0.39 is 15.4 Å². The van der Waals surface area contributed by atoms with Crippen LogP contribution in [-0.2, 0) is 31.4 Å². The van der Waals surface area contributed by atoms with E-state index in [0.717, 1.165) is 18.4 Å². The minimum atomic E-state index is -3.40. The van der Waals surface area contributed by atoms with Crippen molar-refractivity contribution in [3.63, 3.8) is 0 Å². The first-order valence-corrected chi connectivity index (χ1v) is 11.8. The number of benzene rings is 2. The molecule has 160 valence electrons. The molecule has 1 saturated carbocycles. The lowest BCUT2D eigenvalue weighted by Gasteiger charge is -2.21. The summed E-state index contributed by atoms with van der Waals surface area (Å²) < 4.78 is 26.4. The number of rotatable bonds is 8. The molecule has 2 aromatic carbocycles. The van der Waals surface area contributed by atoms with Crippen LogP contribution in [0, 0.1) is 0 Å². The van der Waals surface area contributed by atoms with Crippen LogP contribution in [0.15, 0.2) is 61.2 Å². The van der Waals surface area contributed by atoms with Crippen LogP contribution >= 0.6 is 0 Å². The van der Waals surface area contributed by atoms with Gasteiger partial charge >= 0.3 is 0 Å². The summed E-state index contributed by atoms with van der Waals surface area (Å²) >= 11 is 0. The van der Waals surface area contributed by atoms with Crippen molar-refractivity contribution in [1.82, 2.24) is 4.72 Å². The summed E-state index contributed by atoms with van der Waals surface area (Å²) in [5, 5.41) is 3.00. The highest BCUT2D eigenvalue weighted by Gasteiger charge is 2.51. The predicted octanol–water partition coefficient (Wildman–Crippen LogP) is 4.26. The van der Waals surface area contributed by atoms with E-state index >= 15 is 0 Å². The third-order valence-corrected chi connectivity index (χ3v) is 6.82. The Balaban J connectivity index is 1.66. The highest BCUT2D eigenvalue weighted by Crippen LogP contribution is 2.49. The lowest BCUT2D eigenvalue weighted by molar-refractivity contribution is -0.118. The van der Waals surface area contributed by atoms with E-state index in [-0.39, 0.29) is 23.6 Å². The molecule has 0 unspecified atom stereocenters. The summed E-state index contributed by atoms with van der Waals surface area (Å²) in [5.41, 5.74) is 3.22. The molecule has 0 radical (unpaired) electrons. The summed E-state index contributed by atoms with van der Waals surface area (Å²) in [6.07, 6.45) is 3.17. The molecule has 1 aliphatic carbocycles. The van der Waals surface area contributed by atoms with Crippen molar-refractivity contribution in [2.75, 3.05) is 11.9 Å². The van der Waals surface area contributed by atoms with Crippen LogP contribution in [0.2, 0.25) is 0 Å². The average molecular weight is 427 g/mol. The minimum Gasteiger partial charge on any atom is -0.325 e. The fourth-order valence-corrected chi connectivity index (χ4v) is 4.56. The zero-order chi connectivity index (χ0) is 22.0. The van der Waals surface area contributed by atoms with E-state index in [0.29, 0.717) is 11.3 Å². The van der Waals surface area contributed by atoms with E-state index in [4.69, 9.17) is 0 Å². The normalized spacial score (nSPS) is 15.4. The molecule has 30 heavy (non-hydrogen) atoms. The van der Waals surface area contributed by atoms with Crippen LogP contribution in [-0.4, -0.2) is 20.9 Å². The van der Waals surface area contributed by atoms with Crippen molar-refractivity contribution >= 4 is 21.6 Å². The summed E-state index contributed by atoms with van der Waals surface area (Å²) in [7, 11) is -3.40. The quantitative estimate of drug-likeness (QED) is 0.619. The predicted molar refractivity (Wildman–Crippen MR) is 122 cm³/mol. The van der Waals surface area contributed by atoms with Crippen molar-refractivity contribution in [2.24, 2.45) is 0 Å². The second-order valence-corrected chi connectivity index (χ2v) is 10.8. The van der Waals surface area contributed by atoms with Crippen molar-refractivity contribution in [3.05, 3.63) is 77.9 Å². The maximum atomic E-state index is 13.0. The zero-order valence-corrected chi connectivity index (χ0v) is 18.7. The Morgan fingerprint density at radius 3 is 2.17 bits per heavy atom. The average Bonchev–Trinajstić information content (AvgIpc) is 3.49. The zero-order valence-electron chi connectivity index (χ0n) is 17.9. The van der Waals surface area contributed by atoms with Crippen LogP contribution in [0.1, 0.15) is 50.3 Å². The van der Waals surface area contributed by atoms with Gasteiger partial charge in [0.2, 0.25) is 15.9 Å². The third kappa shape index (κ3) is 5.18. The number of sulfonamides is 1. The summed E-state index contributed by atoms with van der Waals surface area (Å²) in [4.78, 5) is 13.0. The largest absolute Gasteiger partial charge is 0.325 e. The lowest BCUT2D eigenvalue weighted by Crippen LogP contribution is -2.28. The molecule has 2 N–H and O–H groups in total. The second kappa shape index (κ2) is 8.36. The second-order valence-electron chi connectivity index (χ2n) is 8.96. The number of nitrogens with one attached hydrogen (secondary N) is 2. The van der Waals surface area contributed by atoms with Gasteiger partial charge in [-0.15, -0.1) is 6.58 Å². The third-order valence-electron chi connectivity index (χ3n) is 5.50. The SMILES string of the molecule is C=CCNS(=O)(=O)Cc1ccc(NC(=O)C2(c3ccc(C(C)(C)C)cc3)CC2)cc1. The standard InChI is InChI=1S/C24H30N2O3S/c1-5-16-25-30(28,29)17-18-6-12-21(13-7-18)26-22(27)24(14-15-24)20-10-8-19(9-11-20)23(2,3)4/h5-13,25H,1,14-17H2,2-4H3,(H,26,27). The number of hydrogen-bond donors (Lipinski definition) is 2. The Bertz CT molecular complexity index is 1010. The molecule has 0 aliphatic heterocycles. The molecular weight excluding hydrogens is 396 g/mol. The molecule has 5 nitrogen and oxygen atoms in total. The highest BCUT2D eigenvalue weighted by molar-refractivity contribution is 7.88. The van der Waals surface area contributed by atoms with E-state index in [9.17, 15) is 13.2 Å². The first-order chi connectivity index (χ1) is 14.1. The van der Waals surface area contributed by atoms with E-state index in [1.165, 1.54) is 11.6 Å². The van der Waals surface area contributed by atoms with E-state index in [2.05, 4.69) is 61.7 Å². The van der Waals surface area contributed by atoms with Gasteiger partial charge in [-0.25, -0.2) is 13.1 Å². The lowest BCUT2D eigenvalue weighted by atomic mass is 9.85. The summed E-state index contributed by atoms with van der Waals surface area (Å²) in [6, 6.07) is 15.3. The maximum absolute atomic E-state index is 13.0. The first kappa shape index (κ1) is 22.2. The van der Waals surface area contributed by atoms with Gasteiger partial charge in [0, 0.05) is 12.2 Å². The first-order valence-electron chi connectivity index (χ1n) is 10.2. The monoisotopic (exact) mass is 426 g/mol. The van der Waals surface area contributed by atoms with Crippen molar-refractivity contribution in [1.29, 1.82) is 0 Å². The molecule has 0 bridgehead atoms. The smallest absolute Gasteiger partial charge is 0.235 e. The molecule has 6 heteroatoms. The van der Waals surface area contributed by atoms with Crippen LogP contribution in [0.4, 0.5) is 5.69 Å². The van der Waals surface area contributed by atoms with Gasteiger partial charge in [-0.1, -0.05) is 63.2 Å². The van der Waals surface area contributed by atoms with Crippen LogP contribution in [0.3, 0.4) is 0 Å². The number of amides is 1. The number of anilines is 1. The van der Waals surface area contributed by atoms with Gasteiger partial charge in [-0.05, 0) is 47.1 Å². The van der Waals surface area contributed by atoms with Crippen molar-refractivity contribution < 1.29 is 13.2 Å². The van der Waals surface area contributed by atoms with Gasteiger partial charge < -0.3 is 5.32 Å².